The summed E-state index contributed by atoms with van der Waals surface area (Å²) in [5.41, 5.74) is 8.27. The molecule has 34 rings (SSSR count). The Hall–Kier alpha value is -8.52. The number of rotatable bonds is 6. The molecule has 322 valence electrons. The van der Waals surface area contributed by atoms with E-state index in [1.54, 1.807) is 291 Å². The van der Waals surface area contributed by atoms with Gasteiger partial charge < -0.3 is 4.90 Å². The molecule has 1 heterocycles. The van der Waals surface area contributed by atoms with E-state index in [9.17, 15) is 0 Å². The first-order chi connectivity index (χ1) is 37.4. The van der Waals surface area contributed by atoms with Crippen molar-refractivity contribution in [1.82, 2.24) is 0 Å². The minimum absolute atomic E-state index is 0.233. The Labute approximate surface area is 414 Å². The van der Waals surface area contributed by atoms with Crippen molar-refractivity contribution in [3.63, 3.8) is 0 Å². The number of anilines is 1. The van der Waals surface area contributed by atoms with Crippen LogP contribution in [0.3, 0.4) is 0 Å². The Morgan fingerprint density at radius 2 is 0.533 bits per heavy atom. The molecule has 0 bridgehead atoms. The maximum absolute atomic E-state index is 3.12. The summed E-state index contributed by atoms with van der Waals surface area (Å²) in [6.45, 7) is 3.48. The van der Waals surface area contributed by atoms with Crippen molar-refractivity contribution < 1.29 is 0 Å². The van der Waals surface area contributed by atoms with Gasteiger partial charge in [0.15, 0.2) is 0 Å². The summed E-state index contributed by atoms with van der Waals surface area (Å²) in [7, 11) is 0. The molecule has 29 aromatic rings. The number of nitrogens with zero attached hydrogens (tertiary/aromatic N) is 1. The van der Waals surface area contributed by atoms with E-state index in [1.165, 1.54) is 37.8 Å². The highest BCUT2D eigenvalue weighted by atomic mass is 15.2. The fourth-order valence-corrected chi connectivity index (χ4v) is 27.0. The molecule has 1 fully saturated rings. The lowest BCUT2D eigenvalue weighted by Crippen LogP contribution is -2.54. The van der Waals surface area contributed by atoms with Gasteiger partial charge in [-0.25, -0.2) is 0 Å². The molecule has 29 aromatic carbocycles. The van der Waals surface area contributed by atoms with E-state index >= 15 is 0 Å². The highest BCUT2D eigenvalue weighted by Crippen LogP contribution is 2.86. The highest BCUT2D eigenvalue weighted by molar-refractivity contribution is 6.82. The summed E-state index contributed by atoms with van der Waals surface area (Å²) in [5, 5.41) is 91.5. The van der Waals surface area contributed by atoms with Crippen molar-refractivity contribution in [3.05, 3.63) is 52.6 Å². The number of unbranched alkanes of at least 4 members (excludes halogenated alkanes) is 3. The molecule has 1 aliphatic heterocycles. The van der Waals surface area contributed by atoms with Crippen molar-refractivity contribution in [2.24, 2.45) is 0 Å². The maximum Gasteiger partial charge on any atom is 0.0586 e. The quantitative estimate of drug-likeness (QED) is 0.119. The zero-order valence-corrected chi connectivity index (χ0v) is 39.7. The molecule has 0 aromatic heterocycles. The van der Waals surface area contributed by atoms with Gasteiger partial charge in [-0.15, -0.1) is 0 Å². The van der Waals surface area contributed by atoms with Gasteiger partial charge in [-0.2, -0.15) is 0 Å². The van der Waals surface area contributed by atoms with Crippen LogP contribution in [0.1, 0.15) is 61.3 Å². The van der Waals surface area contributed by atoms with Crippen LogP contribution < -0.4 is 4.90 Å². The molecule has 1 heteroatoms. The second-order valence-electron chi connectivity index (χ2n) is 27.8. The zero-order valence-electron chi connectivity index (χ0n) is 39.7. The van der Waals surface area contributed by atoms with Gasteiger partial charge in [0, 0.05) is 18.3 Å². The molecule has 75 heavy (non-hydrogen) atoms. The van der Waals surface area contributed by atoms with Crippen LogP contribution >= 0.6 is 0 Å². The van der Waals surface area contributed by atoms with E-state index in [1.807, 2.05) is 22.3 Å². The summed E-state index contributed by atoms with van der Waals surface area (Å²) in [6, 6.07) is 12.4. The predicted octanol–water partition coefficient (Wildman–Crippen LogP) is 20.2. The van der Waals surface area contributed by atoms with E-state index in [0.29, 0.717) is 6.04 Å². The molecule has 1 saturated heterocycles. The molecule has 1 nitrogen and oxygen atoms in total. The van der Waals surface area contributed by atoms with Crippen LogP contribution in [0, 0.1) is 0 Å². The van der Waals surface area contributed by atoms with Crippen molar-refractivity contribution >= 4 is 297 Å². The lowest BCUT2D eigenvalue weighted by atomic mass is 9.48. The molecule has 2 spiro atoms. The Morgan fingerprint density at radius 3 is 0.787 bits per heavy atom. The molecular formula is C74H21N. The van der Waals surface area contributed by atoms with Gasteiger partial charge in [0.05, 0.1) is 10.8 Å². The van der Waals surface area contributed by atoms with Crippen LogP contribution in [0.25, 0.3) is 291 Å². The van der Waals surface area contributed by atoms with Crippen LogP contribution in [0.5, 0.6) is 0 Å². The Balaban J connectivity index is 1.09. The topological polar surface area (TPSA) is 3.24 Å². The molecule has 0 N–H and O–H groups in total. The smallest absolute Gasteiger partial charge is 0.0586 e. The molecule has 0 amide bonds. The summed E-state index contributed by atoms with van der Waals surface area (Å²) < 4.78 is 0. The van der Waals surface area contributed by atoms with Crippen LogP contribution in [0.15, 0.2) is 30.3 Å². The highest BCUT2D eigenvalue weighted by Gasteiger charge is 2.76. The van der Waals surface area contributed by atoms with Crippen molar-refractivity contribution in [2.45, 2.75) is 55.9 Å². The van der Waals surface area contributed by atoms with Crippen LogP contribution in [-0.4, -0.2) is 12.6 Å². The molecule has 5 aliphatic rings. The summed E-state index contributed by atoms with van der Waals surface area (Å²) in [5.74, 6) is 0. The third-order valence-electron chi connectivity index (χ3n) is 27.3. The Kier molecular flexibility index (Phi) is 2.74. The molecule has 0 radical (unpaired) electrons. The Morgan fingerprint density at radius 1 is 0.293 bits per heavy atom. The van der Waals surface area contributed by atoms with E-state index < -0.39 is 0 Å². The Bertz CT molecular complexity index is 7270. The predicted molar refractivity (Wildman–Crippen MR) is 320 cm³/mol. The second-order valence-corrected chi connectivity index (χ2v) is 27.8. The largest absolute Gasteiger partial charge is 0.366 e. The van der Waals surface area contributed by atoms with Crippen molar-refractivity contribution in [3.8, 4) is 0 Å². The van der Waals surface area contributed by atoms with Gasteiger partial charge in [-0.1, -0.05) is 50.8 Å². The summed E-state index contributed by atoms with van der Waals surface area (Å²) >= 11 is 0. The normalized spacial score (nSPS) is 22.9. The first kappa shape index (κ1) is 29.4. The number of benzene rings is 19. The minimum atomic E-state index is -0.236. The SMILES string of the molecule is CCCCCCC1N(c2ccccc2)CC23c4c5c6c7c8c9c(c%10c%11c2c2c4c4c%12c5c5c6c6c8c8c%13c9c9c%10c%10c%11c%11c2c2c4c4c%12c%12c5c5c6c8c6c8c%13c9c9c%10c%10c%11c2c2c4c4c%12c5c6c5c8c9c%10c2c45)C713. The van der Waals surface area contributed by atoms with E-state index in [4.69, 9.17) is 0 Å². The van der Waals surface area contributed by atoms with Gasteiger partial charge >= 0.3 is 0 Å². The third kappa shape index (κ3) is 1.67. The first-order valence-electron chi connectivity index (χ1n) is 29.0. The number of hydrogen-bond acceptors (Lipinski definition) is 1. The van der Waals surface area contributed by atoms with Crippen molar-refractivity contribution in [2.75, 3.05) is 11.4 Å². The van der Waals surface area contributed by atoms with Crippen LogP contribution in [0.2, 0.25) is 0 Å². The van der Waals surface area contributed by atoms with Gasteiger partial charge in [0.2, 0.25) is 0 Å². The summed E-state index contributed by atoms with van der Waals surface area (Å²) in [6.07, 6.45) is 6.42. The van der Waals surface area contributed by atoms with E-state index in [-0.39, 0.29) is 10.8 Å². The van der Waals surface area contributed by atoms with Crippen molar-refractivity contribution in [1.29, 1.82) is 0 Å². The number of para-hydroxylation sites is 1. The zero-order chi connectivity index (χ0) is 45.0. The van der Waals surface area contributed by atoms with Gasteiger partial charge in [-0.3, -0.25) is 0 Å². The molecular weight excluding hydrogens is 903 g/mol. The average molecular weight is 924 g/mol. The summed E-state index contributed by atoms with van der Waals surface area (Å²) in [4.78, 5) is 3.12. The molecule has 4 aliphatic carbocycles. The number of hydrogen-bond donors (Lipinski definition) is 0. The van der Waals surface area contributed by atoms with Crippen LogP contribution in [0.4, 0.5) is 5.69 Å². The van der Waals surface area contributed by atoms with Gasteiger partial charge in [0.1, 0.15) is 0 Å². The fourth-order valence-electron chi connectivity index (χ4n) is 27.0. The molecule has 0 saturated carbocycles. The standard InChI is InChI=1S/C74H21N/c1-2-3-4-8-11-14-74-71-65-59-49-37-29-21-17-15-16-19-23(21)31(37)41-35-27(19)28-20(16)24-22-18(15)26-25(17)33-39(29)47-53-43(33)44-34(26)40-30(22)38-32(24)42-36(28)46-45(35)57(51(41)59)67(71)68-58(46)52(42)60-50(38)56-48(40)54(44)62-61(53)69(63(65)55(47)49)73(74,70(62)64(56)66(60)72(68)74)12-75(14)13-9-6-5-7-10-13/h5-7,9-10,14H,2-4,8,11-12H2,1H3. The van der Waals surface area contributed by atoms with E-state index in [2.05, 4.69) is 42.2 Å². The van der Waals surface area contributed by atoms with Gasteiger partial charge in [-0.05, 0) is 332 Å². The lowest BCUT2D eigenvalue weighted by molar-refractivity contribution is 0.341. The molecule has 1 unspecified atom stereocenters. The fraction of sp³-hybridized carbons (Fsp3) is 0.135. The molecule has 1 atom stereocenters. The minimum Gasteiger partial charge on any atom is -0.366 e. The maximum atomic E-state index is 3.12. The lowest BCUT2D eigenvalue weighted by Gasteiger charge is -2.52. The van der Waals surface area contributed by atoms with Crippen LogP contribution in [-0.2, 0) is 10.8 Å². The van der Waals surface area contributed by atoms with E-state index in [0.717, 1.165) is 6.54 Å². The monoisotopic (exact) mass is 923 g/mol. The van der Waals surface area contributed by atoms with Gasteiger partial charge in [0.25, 0.3) is 0 Å². The average Bonchev–Trinajstić information content (AvgIpc) is 1.83. The first-order valence-corrected chi connectivity index (χ1v) is 29.0. The second kappa shape index (κ2) is 6.98. The third-order valence-corrected chi connectivity index (χ3v) is 27.3.